The second-order valence-corrected chi connectivity index (χ2v) is 26.4. The third kappa shape index (κ3) is 59.0. The molecule has 0 saturated heterocycles. The fraction of sp³-hybridized carbons (Fsp3) is 0.938. The van der Waals surface area contributed by atoms with Crippen molar-refractivity contribution in [2.45, 2.75) is 354 Å². The van der Waals surface area contributed by atoms with E-state index in [0.29, 0.717) is 25.7 Å². The average Bonchev–Trinajstić information content (AvgIpc) is 3.60. The zero-order valence-corrected chi connectivity index (χ0v) is 55.7. The molecule has 0 aromatic heterocycles. The summed E-state index contributed by atoms with van der Waals surface area (Å²) in [5.41, 5.74) is 0. The van der Waals surface area contributed by atoms with Crippen LogP contribution in [-0.2, 0) is 65.4 Å². The summed E-state index contributed by atoms with van der Waals surface area (Å²) >= 11 is 0. The number of hydrogen-bond acceptors (Lipinski definition) is 15. The smallest absolute Gasteiger partial charge is 0.462 e. The Kier molecular flexibility index (Phi) is 58.6. The minimum atomic E-state index is -4.94. The highest BCUT2D eigenvalue weighted by molar-refractivity contribution is 7.47. The summed E-state index contributed by atoms with van der Waals surface area (Å²) in [5.74, 6) is -2.13. The van der Waals surface area contributed by atoms with Gasteiger partial charge in [-0.1, -0.05) is 285 Å². The number of ether oxygens (including phenoxy) is 4. The molecule has 5 atom stereocenters. The van der Waals surface area contributed by atoms with E-state index in [-0.39, 0.29) is 25.7 Å². The van der Waals surface area contributed by atoms with Gasteiger partial charge in [0.2, 0.25) is 0 Å². The van der Waals surface area contributed by atoms with Gasteiger partial charge in [0.1, 0.15) is 19.3 Å². The number of rotatable bonds is 66. The quantitative estimate of drug-likeness (QED) is 0.0222. The van der Waals surface area contributed by atoms with Gasteiger partial charge in [-0.15, -0.1) is 0 Å². The van der Waals surface area contributed by atoms with Gasteiger partial charge in [-0.05, 0) is 25.7 Å². The monoisotopic (exact) mass is 1240 g/mol. The van der Waals surface area contributed by atoms with E-state index in [9.17, 15) is 43.2 Å². The molecule has 0 aliphatic rings. The normalized spacial score (nSPS) is 14.1. The molecule has 0 heterocycles. The van der Waals surface area contributed by atoms with Crippen LogP contribution in [0.4, 0.5) is 0 Å². The van der Waals surface area contributed by atoms with Crippen LogP contribution in [0.3, 0.4) is 0 Å². The van der Waals surface area contributed by atoms with Gasteiger partial charge in [0, 0.05) is 25.7 Å². The van der Waals surface area contributed by atoms with Crippen molar-refractivity contribution in [2.75, 3.05) is 39.6 Å². The number of hydrogen-bond donors (Lipinski definition) is 3. The lowest BCUT2D eigenvalue weighted by molar-refractivity contribution is -0.161. The maximum Gasteiger partial charge on any atom is 0.472 e. The molecule has 0 radical (unpaired) electrons. The molecule has 2 unspecified atom stereocenters. The number of aliphatic hydroxyl groups excluding tert-OH is 1. The van der Waals surface area contributed by atoms with Crippen LogP contribution in [0.25, 0.3) is 0 Å². The van der Waals surface area contributed by atoms with Crippen LogP contribution in [0.15, 0.2) is 0 Å². The molecule has 17 nitrogen and oxygen atoms in total. The van der Waals surface area contributed by atoms with Crippen molar-refractivity contribution >= 4 is 39.5 Å². The van der Waals surface area contributed by atoms with Gasteiger partial charge in [-0.3, -0.25) is 37.3 Å². The molecule has 0 aliphatic carbocycles. The maximum atomic E-state index is 13.0. The van der Waals surface area contributed by atoms with Crippen molar-refractivity contribution in [1.29, 1.82) is 0 Å². The molecular formula is C65H126O17P2. The summed E-state index contributed by atoms with van der Waals surface area (Å²) < 4.78 is 68.0. The standard InChI is InChI=1S/C65H126O17P2/c1-5-9-13-17-21-25-29-30-31-32-36-40-44-48-52-65(70)82-61(56-76-63(68)50-46-42-38-34-27-23-19-15-11-7-3)58-80-84(73,74)78-54-59(66)53-77-83(71,72)79-57-60(81-64(69)51-47-43-39-35-28-24-20-16-12-8-4)55-75-62(67)49-45-41-37-33-26-22-18-14-10-6-2/h59-61,66H,5-58H2,1-4H3,(H,71,72)(H,73,74)/t59-,60+,61+/m0/s1. The molecule has 0 fully saturated rings. The predicted molar refractivity (Wildman–Crippen MR) is 335 cm³/mol. The van der Waals surface area contributed by atoms with Crippen LogP contribution < -0.4 is 0 Å². The number of esters is 4. The molecule has 3 N–H and O–H groups in total. The first-order valence-electron chi connectivity index (χ1n) is 34.3. The van der Waals surface area contributed by atoms with Gasteiger partial charge in [0.15, 0.2) is 12.2 Å². The van der Waals surface area contributed by atoms with Crippen LogP contribution in [0, 0.1) is 0 Å². The Balaban J connectivity index is 5.22. The summed E-state index contributed by atoms with van der Waals surface area (Å²) in [4.78, 5) is 72.2. The highest BCUT2D eigenvalue weighted by Gasteiger charge is 2.30. The molecule has 498 valence electrons. The number of phosphoric acid groups is 2. The molecule has 0 saturated carbocycles. The lowest BCUT2D eigenvalue weighted by Gasteiger charge is -2.21. The minimum Gasteiger partial charge on any atom is -0.462 e. The maximum absolute atomic E-state index is 13.0. The number of unbranched alkanes of at least 4 members (excludes halogenated alkanes) is 40. The second-order valence-electron chi connectivity index (χ2n) is 23.5. The van der Waals surface area contributed by atoms with Gasteiger partial charge < -0.3 is 33.8 Å². The predicted octanol–water partition coefficient (Wildman–Crippen LogP) is 18.3. The topological polar surface area (TPSA) is 237 Å². The summed E-state index contributed by atoms with van der Waals surface area (Å²) in [6, 6.07) is 0. The van der Waals surface area contributed by atoms with E-state index < -0.39 is 97.5 Å². The highest BCUT2D eigenvalue weighted by atomic mass is 31.2. The van der Waals surface area contributed by atoms with Crippen LogP contribution in [0.1, 0.15) is 336 Å². The van der Waals surface area contributed by atoms with Crippen LogP contribution in [-0.4, -0.2) is 96.7 Å². The van der Waals surface area contributed by atoms with Crippen molar-refractivity contribution in [3.63, 3.8) is 0 Å². The zero-order valence-electron chi connectivity index (χ0n) is 53.9. The molecule has 84 heavy (non-hydrogen) atoms. The molecule has 19 heteroatoms. The number of phosphoric ester groups is 2. The molecule has 0 spiro atoms. The zero-order chi connectivity index (χ0) is 61.9. The summed E-state index contributed by atoms with van der Waals surface area (Å²) in [6.07, 6.45) is 45.6. The fourth-order valence-electron chi connectivity index (χ4n) is 9.81. The molecule has 0 aliphatic heterocycles. The van der Waals surface area contributed by atoms with Crippen LogP contribution in [0.2, 0.25) is 0 Å². The van der Waals surface area contributed by atoms with Crippen molar-refractivity contribution in [2.24, 2.45) is 0 Å². The molecule has 0 amide bonds. The number of carbonyl (C=O) groups excluding carboxylic acids is 4. The lowest BCUT2D eigenvalue weighted by Crippen LogP contribution is -2.30. The van der Waals surface area contributed by atoms with Crippen molar-refractivity contribution < 1.29 is 80.2 Å². The van der Waals surface area contributed by atoms with Gasteiger partial charge in [0.25, 0.3) is 0 Å². The Hall–Kier alpha value is -1.94. The molecule has 0 bridgehead atoms. The number of aliphatic hydroxyl groups is 1. The van der Waals surface area contributed by atoms with Gasteiger partial charge in [0.05, 0.1) is 26.4 Å². The Bertz CT molecular complexity index is 1620. The third-order valence-corrected chi connectivity index (χ3v) is 17.0. The van der Waals surface area contributed by atoms with E-state index in [1.807, 2.05) is 0 Å². The first-order chi connectivity index (χ1) is 40.7. The average molecular weight is 1240 g/mol. The van der Waals surface area contributed by atoms with Crippen molar-refractivity contribution in [3.05, 3.63) is 0 Å². The second kappa shape index (κ2) is 60.0. The Morgan fingerprint density at radius 2 is 0.476 bits per heavy atom. The van der Waals surface area contributed by atoms with Crippen LogP contribution >= 0.6 is 15.6 Å². The van der Waals surface area contributed by atoms with Gasteiger partial charge in [-0.2, -0.15) is 0 Å². The first kappa shape index (κ1) is 82.1. The summed E-state index contributed by atoms with van der Waals surface area (Å²) in [7, 11) is -9.88. The van der Waals surface area contributed by atoms with E-state index in [2.05, 4.69) is 27.7 Å². The molecule has 0 rings (SSSR count). The van der Waals surface area contributed by atoms with Gasteiger partial charge in [-0.25, -0.2) is 9.13 Å². The highest BCUT2D eigenvalue weighted by Crippen LogP contribution is 2.45. The Morgan fingerprint density at radius 1 is 0.286 bits per heavy atom. The minimum absolute atomic E-state index is 0.107. The Morgan fingerprint density at radius 3 is 0.702 bits per heavy atom. The van der Waals surface area contributed by atoms with Crippen molar-refractivity contribution in [3.8, 4) is 0 Å². The van der Waals surface area contributed by atoms with Crippen LogP contribution in [0.5, 0.6) is 0 Å². The lowest BCUT2D eigenvalue weighted by atomic mass is 10.0. The largest absolute Gasteiger partial charge is 0.472 e. The Labute approximate surface area is 511 Å². The molecule has 0 aromatic carbocycles. The van der Waals surface area contributed by atoms with E-state index in [0.717, 1.165) is 89.9 Å². The van der Waals surface area contributed by atoms with E-state index in [4.69, 9.17) is 37.0 Å². The van der Waals surface area contributed by atoms with E-state index in [1.54, 1.807) is 0 Å². The fourth-order valence-corrected chi connectivity index (χ4v) is 11.4. The van der Waals surface area contributed by atoms with Crippen molar-refractivity contribution in [1.82, 2.24) is 0 Å². The summed E-state index contributed by atoms with van der Waals surface area (Å²) in [5, 5.41) is 10.5. The van der Waals surface area contributed by atoms with Gasteiger partial charge >= 0.3 is 39.5 Å². The van der Waals surface area contributed by atoms with E-state index in [1.165, 1.54) is 167 Å². The van der Waals surface area contributed by atoms with E-state index >= 15 is 0 Å². The number of carbonyl (C=O) groups is 4. The SMILES string of the molecule is CCCCCCCCCCCCCCCCC(=O)O[C@H](COC(=O)CCCCCCCCCCCC)COP(=O)(O)OC[C@@H](O)COP(=O)(O)OC[C@@H](COC(=O)CCCCCCCCCCCC)OC(=O)CCCCCCCCCCCC. The molecular weight excluding hydrogens is 1110 g/mol. The molecule has 0 aromatic rings. The third-order valence-electron chi connectivity index (χ3n) is 15.1. The first-order valence-corrected chi connectivity index (χ1v) is 37.3. The summed E-state index contributed by atoms with van der Waals surface area (Å²) in [6.45, 7) is 4.89.